The molecule has 1 N–H and O–H groups in total. The Bertz CT molecular complexity index is 982. The highest BCUT2D eigenvalue weighted by atomic mass is 32.2. The van der Waals surface area contributed by atoms with Gasteiger partial charge in [-0.1, -0.05) is 31.2 Å². The van der Waals surface area contributed by atoms with Gasteiger partial charge in [-0.15, -0.1) is 0 Å². The van der Waals surface area contributed by atoms with E-state index in [0.29, 0.717) is 31.9 Å². The van der Waals surface area contributed by atoms with Crippen molar-refractivity contribution in [1.29, 1.82) is 0 Å². The molecule has 0 aliphatic carbocycles. The fourth-order valence-corrected chi connectivity index (χ4v) is 4.83. The highest BCUT2D eigenvalue weighted by Gasteiger charge is 2.27. The Morgan fingerprint density at radius 3 is 2.48 bits per heavy atom. The third-order valence-corrected chi connectivity index (χ3v) is 7.25. The summed E-state index contributed by atoms with van der Waals surface area (Å²) in [6, 6.07) is 12.3. The summed E-state index contributed by atoms with van der Waals surface area (Å²) < 4.78 is 32.4. The topological polar surface area (TPSA) is 75.7 Å². The first kappa shape index (κ1) is 21.5. The smallest absolute Gasteiger partial charge is 0.251 e. The lowest BCUT2D eigenvalue weighted by atomic mass is 9.99. The maximum atomic E-state index is 12.9. The number of sulfonamides is 1. The summed E-state index contributed by atoms with van der Waals surface area (Å²) in [7, 11) is -3.64. The quantitative estimate of drug-likeness (QED) is 0.785. The molecule has 1 aliphatic heterocycles. The molecule has 1 saturated heterocycles. The van der Waals surface area contributed by atoms with Gasteiger partial charge < -0.3 is 10.1 Å². The van der Waals surface area contributed by atoms with Gasteiger partial charge in [0.1, 0.15) is 0 Å². The number of morpholine rings is 1. The van der Waals surface area contributed by atoms with Crippen LogP contribution in [-0.4, -0.2) is 44.9 Å². The summed E-state index contributed by atoms with van der Waals surface area (Å²) >= 11 is 0. The zero-order valence-corrected chi connectivity index (χ0v) is 18.0. The van der Waals surface area contributed by atoms with Gasteiger partial charge in [0.25, 0.3) is 5.91 Å². The third-order valence-electron chi connectivity index (χ3n) is 5.35. The van der Waals surface area contributed by atoms with Gasteiger partial charge in [-0.3, -0.25) is 4.79 Å². The molecule has 0 unspecified atom stereocenters. The number of hydrogen-bond donors (Lipinski definition) is 1. The molecule has 2 aromatic rings. The third kappa shape index (κ3) is 4.86. The number of carbonyl (C=O) groups excluding carboxylic acids is 1. The van der Waals surface area contributed by atoms with Crippen molar-refractivity contribution >= 4 is 15.9 Å². The predicted molar refractivity (Wildman–Crippen MR) is 112 cm³/mol. The van der Waals surface area contributed by atoms with Crippen LogP contribution < -0.4 is 5.32 Å². The van der Waals surface area contributed by atoms with Gasteiger partial charge >= 0.3 is 0 Å². The number of nitrogens with one attached hydrogen (secondary N) is 1. The van der Waals surface area contributed by atoms with Crippen molar-refractivity contribution in [1.82, 2.24) is 9.62 Å². The Morgan fingerprint density at radius 2 is 1.83 bits per heavy atom. The Labute approximate surface area is 172 Å². The molecule has 0 radical (unpaired) electrons. The summed E-state index contributed by atoms with van der Waals surface area (Å²) in [4.78, 5) is 13.0. The highest BCUT2D eigenvalue weighted by molar-refractivity contribution is 7.89. The Balaban J connectivity index is 1.80. The number of aryl methyl sites for hydroxylation is 2. The molecule has 0 saturated carbocycles. The molecule has 1 fully saturated rings. The van der Waals surface area contributed by atoms with Crippen molar-refractivity contribution in [3.63, 3.8) is 0 Å². The maximum absolute atomic E-state index is 12.9. The van der Waals surface area contributed by atoms with Crippen molar-refractivity contribution in [2.45, 2.75) is 38.1 Å². The van der Waals surface area contributed by atoms with Crippen molar-refractivity contribution in [2.75, 3.05) is 26.3 Å². The summed E-state index contributed by atoms with van der Waals surface area (Å²) in [6.07, 6.45) is 0.736. The number of rotatable bonds is 6. The largest absolute Gasteiger partial charge is 0.379 e. The van der Waals surface area contributed by atoms with Crippen LogP contribution in [0.1, 0.15) is 46.4 Å². The van der Waals surface area contributed by atoms with E-state index in [-0.39, 0.29) is 16.8 Å². The van der Waals surface area contributed by atoms with Crippen LogP contribution in [0.5, 0.6) is 0 Å². The molecule has 6 nitrogen and oxygen atoms in total. The minimum atomic E-state index is -3.64. The van der Waals surface area contributed by atoms with E-state index in [9.17, 15) is 13.2 Å². The van der Waals surface area contributed by atoms with E-state index in [4.69, 9.17) is 4.74 Å². The first-order chi connectivity index (χ1) is 13.8. The van der Waals surface area contributed by atoms with Gasteiger partial charge in [-0.25, -0.2) is 8.42 Å². The second-order valence-electron chi connectivity index (χ2n) is 7.32. The molecule has 3 rings (SSSR count). The first-order valence-corrected chi connectivity index (χ1v) is 11.3. The lowest BCUT2D eigenvalue weighted by molar-refractivity contribution is 0.0730. The van der Waals surface area contributed by atoms with Gasteiger partial charge in [0.15, 0.2) is 0 Å². The molecule has 2 aromatic carbocycles. The molecule has 1 amide bonds. The Kier molecular flexibility index (Phi) is 6.72. The van der Waals surface area contributed by atoms with Crippen LogP contribution in [0.15, 0.2) is 47.4 Å². The molecule has 1 atom stereocenters. The van der Waals surface area contributed by atoms with E-state index >= 15 is 0 Å². The molecule has 156 valence electrons. The maximum Gasteiger partial charge on any atom is 0.251 e. The monoisotopic (exact) mass is 416 g/mol. The van der Waals surface area contributed by atoms with Crippen LogP contribution in [0.25, 0.3) is 0 Å². The second kappa shape index (κ2) is 9.07. The predicted octanol–water partition coefficient (Wildman–Crippen LogP) is 3.21. The lowest BCUT2D eigenvalue weighted by Crippen LogP contribution is -2.40. The number of ether oxygens (including phenoxy) is 1. The van der Waals surface area contributed by atoms with Crippen LogP contribution in [0, 0.1) is 13.8 Å². The van der Waals surface area contributed by atoms with E-state index in [1.807, 2.05) is 19.9 Å². The average molecular weight is 417 g/mol. The molecular formula is C22H28N2O4S. The fraction of sp³-hybridized carbons (Fsp3) is 0.409. The molecule has 29 heavy (non-hydrogen) atoms. The molecule has 1 aliphatic rings. The molecule has 7 heteroatoms. The van der Waals surface area contributed by atoms with E-state index in [1.54, 1.807) is 12.1 Å². The molecule has 0 spiro atoms. The standard InChI is InChI=1S/C22H28N2O4S/c1-4-21(18-9-8-16(2)17(3)14-18)23-22(25)19-6-5-7-20(15-19)29(26,27)24-10-12-28-13-11-24/h5-9,14-15,21H,4,10-13H2,1-3H3,(H,23,25)/t21-/m1/s1. The van der Waals surface area contributed by atoms with Crippen molar-refractivity contribution in [3.05, 3.63) is 64.7 Å². The van der Waals surface area contributed by atoms with Gasteiger partial charge in [0.2, 0.25) is 10.0 Å². The zero-order chi connectivity index (χ0) is 21.0. The summed E-state index contributed by atoms with van der Waals surface area (Å²) in [6.45, 7) is 7.53. The normalized spacial score (nSPS) is 16.4. The van der Waals surface area contributed by atoms with E-state index in [1.165, 1.54) is 27.6 Å². The van der Waals surface area contributed by atoms with Crippen LogP contribution in [0.2, 0.25) is 0 Å². The van der Waals surface area contributed by atoms with E-state index in [2.05, 4.69) is 24.4 Å². The minimum Gasteiger partial charge on any atom is -0.379 e. The Morgan fingerprint density at radius 1 is 1.10 bits per heavy atom. The average Bonchev–Trinajstić information content (AvgIpc) is 2.74. The molecule has 1 heterocycles. The first-order valence-electron chi connectivity index (χ1n) is 9.89. The highest BCUT2D eigenvalue weighted by Crippen LogP contribution is 2.22. The van der Waals surface area contributed by atoms with Gasteiger partial charge in [-0.05, 0) is 55.2 Å². The molecule has 0 bridgehead atoms. The SMILES string of the molecule is CC[C@@H](NC(=O)c1cccc(S(=O)(=O)N2CCOCC2)c1)c1ccc(C)c(C)c1. The van der Waals surface area contributed by atoms with E-state index in [0.717, 1.165) is 12.0 Å². The lowest BCUT2D eigenvalue weighted by Gasteiger charge is -2.26. The number of carbonyl (C=O) groups is 1. The molecular weight excluding hydrogens is 388 g/mol. The zero-order valence-electron chi connectivity index (χ0n) is 17.1. The molecule has 0 aromatic heterocycles. The van der Waals surface area contributed by atoms with Crippen LogP contribution in [0.4, 0.5) is 0 Å². The van der Waals surface area contributed by atoms with Crippen molar-refractivity contribution < 1.29 is 17.9 Å². The number of nitrogens with zero attached hydrogens (tertiary/aromatic N) is 1. The van der Waals surface area contributed by atoms with Crippen LogP contribution in [0.3, 0.4) is 0 Å². The second-order valence-corrected chi connectivity index (χ2v) is 9.26. The minimum absolute atomic E-state index is 0.131. The van der Waals surface area contributed by atoms with Gasteiger partial charge in [0, 0.05) is 18.7 Å². The van der Waals surface area contributed by atoms with Crippen molar-refractivity contribution in [3.8, 4) is 0 Å². The Hall–Kier alpha value is -2.22. The van der Waals surface area contributed by atoms with Crippen LogP contribution >= 0.6 is 0 Å². The summed E-state index contributed by atoms with van der Waals surface area (Å²) in [5.41, 5.74) is 3.76. The number of amides is 1. The number of hydrogen-bond acceptors (Lipinski definition) is 4. The van der Waals surface area contributed by atoms with Gasteiger partial charge in [0.05, 0.1) is 24.2 Å². The van der Waals surface area contributed by atoms with Gasteiger partial charge in [-0.2, -0.15) is 4.31 Å². The van der Waals surface area contributed by atoms with Crippen molar-refractivity contribution in [2.24, 2.45) is 0 Å². The number of benzene rings is 2. The summed E-state index contributed by atoms with van der Waals surface area (Å²) in [5, 5.41) is 3.04. The van der Waals surface area contributed by atoms with Crippen LogP contribution in [-0.2, 0) is 14.8 Å². The summed E-state index contributed by atoms with van der Waals surface area (Å²) in [5.74, 6) is -0.283. The fourth-order valence-electron chi connectivity index (χ4n) is 3.38. The van der Waals surface area contributed by atoms with E-state index < -0.39 is 10.0 Å².